The van der Waals surface area contributed by atoms with Gasteiger partial charge in [-0.05, 0) is 36.4 Å². The molecule has 0 saturated carbocycles. The lowest BCUT2D eigenvalue weighted by Gasteiger charge is -2.05. The Hall–Kier alpha value is -2.23. The molecule has 2 aromatic carbocycles. The number of hydrogen-bond acceptors (Lipinski definition) is 5. The first-order valence-electron chi connectivity index (χ1n) is 6.86. The molecule has 0 aliphatic carbocycles. The summed E-state index contributed by atoms with van der Waals surface area (Å²) in [7, 11) is -3.32. The van der Waals surface area contributed by atoms with Crippen LogP contribution in [-0.2, 0) is 9.84 Å². The van der Waals surface area contributed by atoms with Gasteiger partial charge in [0.15, 0.2) is 15.0 Å². The van der Waals surface area contributed by atoms with E-state index in [1.165, 1.54) is 24.3 Å². The van der Waals surface area contributed by atoms with Crippen molar-refractivity contribution in [1.82, 2.24) is 4.98 Å². The van der Waals surface area contributed by atoms with E-state index in [1.54, 1.807) is 6.07 Å². The van der Waals surface area contributed by atoms with Crippen molar-refractivity contribution in [3.8, 4) is 0 Å². The van der Waals surface area contributed by atoms with Crippen LogP contribution in [0.5, 0.6) is 0 Å². The van der Waals surface area contributed by atoms with Gasteiger partial charge < -0.3 is 5.32 Å². The third-order valence-corrected chi connectivity index (χ3v) is 5.52. The monoisotopic (exact) mass is 399 g/mol. The highest BCUT2D eigenvalue weighted by molar-refractivity contribution is 7.90. The molecule has 1 aromatic heterocycles. The summed E-state index contributed by atoms with van der Waals surface area (Å²) >= 11 is 6.79. The lowest BCUT2D eigenvalue weighted by atomic mass is 10.3. The molecular formula is C15H11ClFN3O3S2. The van der Waals surface area contributed by atoms with Crippen molar-refractivity contribution < 1.29 is 17.6 Å². The molecule has 0 atom stereocenters. The normalized spacial score (nSPS) is 11.5. The van der Waals surface area contributed by atoms with Gasteiger partial charge in [0.05, 0.1) is 20.1 Å². The number of halogens is 2. The maximum absolute atomic E-state index is 13.1. The third kappa shape index (κ3) is 4.06. The number of nitrogens with one attached hydrogen (secondary N) is 2. The van der Waals surface area contributed by atoms with Gasteiger partial charge in [-0.3, -0.25) is 5.32 Å². The number of amides is 2. The number of anilines is 2. The second-order valence-corrected chi connectivity index (χ2v) is 8.58. The quantitative estimate of drug-likeness (QED) is 0.692. The Bertz CT molecular complexity index is 1080. The zero-order chi connectivity index (χ0) is 18.2. The number of fused-ring (bicyclic) bond motifs is 1. The van der Waals surface area contributed by atoms with Crippen LogP contribution in [0.2, 0.25) is 5.02 Å². The van der Waals surface area contributed by atoms with Gasteiger partial charge >= 0.3 is 6.03 Å². The maximum Gasteiger partial charge on any atom is 0.325 e. The van der Waals surface area contributed by atoms with E-state index in [0.29, 0.717) is 21.0 Å². The van der Waals surface area contributed by atoms with E-state index in [1.807, 2.05) is 0 Å². The number of rotatable bonds is 3. The first-order valence-corrected chi connectivity index (χ1v) is 9.95. The van der Waals surface area contributed by atoms with E-state index >= 15 is 0 Å². The van der Waals surface area contributed by atoms with Crippen molar-refractivity contribution in [3.05, 3.63) is 47.2 Å². The van der Waals surface area contributed by atoms with Crippen LogP contribution < -0.4 is 10.6 Å². The zero-order valence-electron chi connectivity index (χ0n) is 12.7. The van der Waals surface area contributed by atoms with Gasteiger partial charge in [0.25, 0.3) is 0 Å². The molecule has 0 radical (unpaired) electrons. The van der Waals surface area contributed by atoms with Crippen LogP contribution in [0.1, 0.15) is 0 Å². The average molecular weight is 400 g/mol. The van der Waals surface area contributed by atoms with Gasteiger partial charge in [-0.2, -0.15) is 0 Å². The molecule has 0 aliphatic rings. The topological polar surface area (TPSA) is 88.2 Å². The molecule has 2 N–H and O–H groups in total. The summed E-state index contributed by atoms with van der Waals surface area (Å²) in [6.07, 6.45) is 1.12. The summed E-state index contributed by atoms with van der Waals surface area (Å²) < 4.78 is 36.9. The molecule has 1 heterocycles. The predicted octanol–water partition coefficient (Wildman–Crippen LogP) is 4.14. The van der Waals surface area contributed by atoms with Crippen molar-refractivity contribution in [2.75, 3.05) is 16.9 Å². The van der Waals surface area contributed by atoms with Crippen LogP contribution in [0.4, 0.5) is 20.0 Å². The van der Waals surface area contributed by atoms with Crippen LogP contribution in [0.3, 0.4) is 0 Å². The second-order valence-electron chi connectivity index (χ2n) is 5.13. The summed E-state index contributed by atoms with van der Waals surface area (Å²) in [5, 5.41) is 5.24. The van der Waals surface area contributed by atoms with Crippen molar-refractivity contribution in [2.24, 2.45) is 0 Å². The van der Waals surface area contributed by atoms with Crippen molar-refractivity contribution in [1.29, 1.82) is 0 Å². The van der Waals surface area contributed by atoms with E-state index in [0.717, 1.165) is 23.7 Å². The molecule has 130 valence electrons. The lowest BCUT2D eigenvalue weighted by molar-refractivity contribution is 0.262. The van der Waals surface area contributed by atoms with Crippen LogP contribution in [0, 0.1) is 5.82 Å². The van der Waals surface area contributed by atoms with Crippen molar-refractivity contribution in [2.45, 2.75) is 4.90 Å². The zero-order valence-corrected chi connectivity index (χ0v) is 15.1. The number of sulfone groups is 1. The standard InChI is InChI=1S/C15H11ClFN3O3S2/c1-25(22,23)9-3-5-12-13(7-9)24-15(19-12)20-14(21)18-8-2-4-11(17)10(16)6-8/h2-7H,1H3,(H2,18,19,20,21). The number of hydrogen-bond donors (Lipinski definition) is 2. The second kappa shape index (κ2) is 6.58. The predicted molar refractivity (Wildman–Crippen MR) is 96.8 cm³/mol. The van der Waals surface area contributed by atoms with Crippen LogP contribution in [0.25, 0.3) is 10.2 Å². The number of aromatic nitrogens is 1. The van der Waals surface area contributed by atoms with Crippen molar-refractivity contribution >= 4 is 59.8 Å². The molecule has 6 nitrogen and oxygen atoms in total. The Morgan fingerprint density at radius 1 is 1.20 bits per heavy atom. The molecule has 0 unspecified atom stereocenters. The number of carbonyl (C=O) groups excluding carboxylic acids is 1. The van der Waals surface area contributed by atoms with Crippen LogP contribution >= 0.6 is 22.9 Å². The Balaban J connectivity index is 1.78. The minimum absolute atomic E-state index is 0.105. The molecule has 25 heavy (non-hydrogen) atoms. The molecule has 3 aromatic rings. The average Bonchev–Trinajstić information content (AvgIpc) is 2.91. The molecule has 0 saturated heterocycles. The van der Waals surface area contributed by atoms with Crippen LogP contribution in [0.15, 0.2) is 41.3 Å². The van der Waals surface area contributed by atoms with Gasteiger partial charge in [-0.15, -0.1) is 0 Å². The number of thiazole rings is 1. The van der Waals surface area contributed by atoms with Crippen LogP contribution in [-0.4, -0.2) is 25.7 Å². The molecule has 0 fully saturated rings. The summed E-state index contributed by atoms with van der Waals surface area (Å²) in [5.41, 5.74) is 0.891. The summed E-state index contributed by atoms with van der Waals surface area (Å²) in [6, 6.07) is 7.76. The van der Waals surface area contributed by atoms with Crippen molar-refractivity contribution in [3.63, 3.8) is 0 Å². The number of benzene rings is 2. The Labute approximate surface area is 151 Å². The van der Waals surface area contributed by atoms with Gasteiger partial charge in [-0.1, -0.05) is 22.9 Å². The SMILES string of the molecule is CS(=O)(=O)c1ccc2nc(NC(=O)Nc3ccc(F)c(Cl)c3)sc2c1. The molecule has 0 bridgehead atoms. The van der Waals surface area contributed by atoms with E-state index in [2.05, 4.69) is 15.6 Å². The largest absolute Gasteiger partial charge is 0.325 e. The Morgan fingerprint density at radius 2 is 1.96 bits per heavy atom. The Kier molecular flexibility index (Phi) is 4.63. The minimum atomic E-state index is -3.32. The maximum atomic E-state index is 13.1. The Morgan fingerprint density at radius 3 is 2.64 bits per heavy atom. The van der Waals surface area contributed by atoms with E-state index in [9.17, 15) is 17.6 Å². The fourth-order valence-electron chi connectivity index (χ4n) is 2.02. The number of nitrogens with zero attached hydrogens (tertiary/aromatic N) is 1. The molecular weight excluding hydrogens is 389 g/mol. The third-order valence-electron chi connectivity index (χ3n) is 3.19. The molecule has 0 spiro atoms. The molecule has 0 aliphatic heterocycles. The van der Waals surface area contributed by atoms with Gasteiger partial charge in [0, 0.05) is 11.9 Å². The fourth-order valence-corrected chi connectivity index (χ4v) is 3.82. The summed E-state index contributed by atoms with van der Waals surface area (Å²) in [6.45, 7) is 0. The van der Waals surface area contributed by atoms with E-state index < -0.39 is 21.7 Å². The molecule has 2 amide bonds. The van der Waals surface area contributed by atoms with E-state index in [4.69, 9.17) is 11.6 Å². The first-order chi connectivity index (χ1) is 11.7. The molecule has 10 heteroatoms. The summed E-state index contributed by atoms with van der Waals surface area (Å²) in [4.78, 5) is 16.4. The number of carbonyl (C=O) groups is 1. The minimum Gasteiger partial charge on any atom is -0.308 e. The lowest BCUT2D eigenvalue weighted by Crippen LogP contribution is -2.19. The highest BCUT2D eigenvalue weighted by Crippen LogP contribution is 2.28. The first kappa shape index (κ1) is 17.6. The number of urea groups is 1. The van der Waals surface area contributed by atoms with E-state index in [-0.39, 0.29) is 9.92 Å². The highest BCUT2D eigenvalue weighted by Gasteiger charge is 2.12. The van der Waals surface area contributed by atoms with Gasteiger partial charge in [0.2, 0.25) is 0 Å². The summed E-state index contributed by atoms with van der Waals surface area (Å²) in [5.74, 6) is -0.583. The molecule has 3 rings (SSSR count). The smallest absolute Gasteiger partial charge is 0.308 e. The highest BCUT2D eigenvalue weighted by atomic mass is 35.5. The van der Waals surface area contributed by atoms with Gasteiger partial charge in [-0.25, -0.2) is 22.6 Å². The van der Waals surface area contributed by atoms with Gasteiger partial charge in [0.1, 0.15) is 5.82 Å². The fraction of sp³-hybridized carbons (Fsp3) is 0.0667.